The average molecular weight is 392 g/mol. The fraction of sp³-hybridized carbons (Fsp3) is 0.0833. The van der Waals surface area contributed by atoms with Gasteiger partial charge in [-0.1, -0.05) is 11.6 Å². The van der Waals surface area contributed by atoms with Crippen LogP contribution in [0.15, 0.2) is 39.0 Å². The summed E-state index contributed by atoms with van der Waals surface area (Å²) >= 11 is 10.6. The van der Waals surface area contributed by atoms with Gasteiger partial charge in [0.15, 0.2) is 0 Å². The minimum absolute atomic E-state index is 0.0869. The van der Waals surface area contributed by atoms with Gasteiger partial charge in [0, 0.05) is 21.3 Å². The van der Waals surface area contributed by atoms with E-state index in [0.29, 0.717) is 0 Å². The maximum Gasteiger partial charge on any atom is 0.242 e. The fourth-order valence-electron chi connectivity index (χ4n) is 1.47. The Morgan fingerprint density at radius 1 is 1.40 bits per heavy atom. The van der Waals surface area contributed by atoms with E-state index in [9.17, 15) is 8.42 Å². The van der Waals surface area contributed by atoms with Crippen LogP contribution in [0.2, 0.25) is 5.02 Å². The molecule has 0 aliphatic heterocycles. The molecule has 1 heterocycles. The van der Waals surface area contributed by atoms with Crippen molar-refractivity contribution in [1.82, 2.24) is 4.72 Å². The van der Waals surface area contributed by atoms with Crippen LogP contribution in [0.4, 0.5) is 0 Å². The first-order chi connectivity index (χ1) is 9.42. The third-order valence-electron chi connectivity index (χ3n) is 2.41. The number of nitriles is 1. The van der Waals surface area contributed by atoms with E-state index in [1.807, 2.05) is 17.5 Å². The first-order valence-electron chi connectivity index (χ1n) is 5.34. The summed E-state index contributed by atoms with van der Waals surface area (Å²) in [6.45, 7) is 0.172. The molecule has 0 saturated carbocycles. The van der Waals surface area contributed by atoms with Crippen LogP contribution in [-0.4, -0.2) is 8.42 Å². The van der Waals surface area contributed by atoms with Crippen molar-refractivity contribution in [2.45, 2.75) is 11.4 Å². The minimum Gasteiger partial charge on any atom is -0.207 e. The quantitative estimate of drug-likeness (QED) is 0.867. The molecule has 0 amide bonds. The van der Waals surface area contributed by atoms with Crippen molar-refractivity contribution < 1.29 is 8.42 Å². The first kappa shape index (κ1) is 15.5. The van der Waals surface area contributed by atoms with Crippen molar-refractivity contribution in [1.29, 1.82) is 5.26 Å². The third kappa shape index (κ3) is 3.59. The second kappa shape index (κ2) is 6.24. The zero-order chi connectivity index (χ0) is 14.8. The second-order valence-corrected chi connectivity index (χ2v) is 7.87. The van der Waals surface area contributed by atoms with Gasteiger partial charge in [-0.15, -0.1) is 11.3 Å². The Balaban J connectivity index is 2.24. The molecular formula is C12H8BrClN2O2S2. The van der Waals surface area contributed by atoms with Crippen LogP contribution in [-0.2, 0) is 16.6 Å². The number of rotatable bonds is 4. The van der Waals surface area contributed by atoms with Gasteiger partial charge < -0.3 is 0 Å². The normalized spacial score (nSPS) is 11.2. The molecule has 0 aliphatic rings. The summed E-state index contributed by atoms with van der Waals surface area (Å²) in [4.78, 5) is 0.779. The van der Waals surface area contributed by atoms with Crippen LogP contribution in [0.1, 0.15) is 10.4 Å². The van der Waals surface area contributed by atoms with E-state index >= 15 is 0 Å². The lowest BCUT2D eigenvalue weighted by atomic mass is 10.2. The average Bonchev–Trinajstić information content (AvgIpc) is 2.83. The molecule has 0 aliphatic carbocycles. The van der Waals surface area contributed by atoms with Gasteiger partial charge in [-0.2, -0.15) is 5.26 Å². The second-order valence-electron chi connectivity index (χ2n) is 3.81. The Morgan fingerprint density at radius 2 is 2.15 bits per heavy atom. The zero-order valence-corrected chi connectivity index (χ0v) is 13.9. The predicted octanol–water partition coefficient (Wildman–Crippen LogP) is 3.51. The Labute approximate surface area is 134 Å². The molecule has 1 N–H and O–H groups in total. The van der Waals surface area contributed by atoms with Gasteiger partial charge in [-0.05, 0) is 40.2 Å². The molecule has 0 spiro atoms. The maximum atomic E-state index is 12.2. The standard InChI is InChI=1S/C12H8BrClN2O2S2/c13-9-4-10(19-7-9)6-16-20(17,18)12-3-8(5-15)1-2-11(12)14/h1-4,7,16H,6H2. The SMILES string of the molecule is N#Cc1ccc(Cl)c(S(=O)(=O)NCc2cc(Br)cs2)c1. The molecule has 4 nitrogen and oxygen atoms in total. The summed E-state index contributed by atoms with van der Waals surface area (Å²) in [5.41, 5.74) is 0.244. The summed E-state index contributed by atoms with van der Waals surface area (Å²) in [5, 5.41) is 10.8. The van der Waals surface area contributed by atoms with Crippen LogP contribution in [0, 0.1) is 11.3 Å². The first-order valence-corrected chi connectivity index (χ1v) is 8.88. The topological polar surface area (TPSA) is 70.0 Å². The lowest BCUT2D eigenvalue weighted by Gasteiger charge is -2.07. The molecule has 104 valence electrons. The summed E-state index contributed by atoms with van der Waals surface area (Å²) < 4.78 is 27.7. The lowest BCUT2D eigenvalue weighted by molar-refractivity contribution is 0.582. The van der Waals surface area contributed by atoms with Crippen molar-refractivity contribution in [3.63, 3.8) is 0 Å². The number of nitrogens with one attached hydrogen (secondary N) is 1. The molecule has 0 fully saturated rings. The highest BCUT2D eigenvalue weighted by atomic mass is 79.9. The number of halogens is 2. The summed E-state index contributed by atoms with van der Waals surface area (Å²) in [7, 11) is -3.75. The van der Waals surface area contributed by atoms with Crippen molar-refractivity contribution in [2.75, 3.05) is 0 Å². The fourth-order valence-corrected chi connectivity index (χ4v) is 4.48. The van der Waals surface area contributed by atoms with Crippen LogP contribution in [0.5, 0.6) is 0 Å². The molecule has 1 aromatic heterocycles. The van der Waals surface area contributed by atoms with E-state index in [1.165, 1.54) is 29.5 Å². The van der Waals surface area contributed by atoms with Gasteiger partial charge in [-0.25, -0.2) is 13.1 Å². The van der Waals surface area contributed by atoms with Crippen LogP contribution in [0.25, 0.3) is 0 Å². The van der Waals surface area contributed by atoms with Gasteiger partial charge in [0.05, 0.1) is 16.7 Å². The van der Waals surface area contributed by atoms with Crippen LogP contribution in [0.3, 0.4) is 0 Å². The summed E-state index contributed by atoms with van der Waals surface area (Å²) in [5.74, 6) is 0. The Hall–Kier alpha value is -0.910. The van der Waals surface area contributed by atoms with Crippen molar-refractivity contribution in [3.8, 4) is 6.07 Å². The van der Waals surface area contributed by atoms with Crippen LogP contribution >= 0.6 is 38.9 Å². The molecule has 20 heavy (non-hydrogen) atoms. The Morgan fingerprint density at radius 3 is 2.75 bits per heavy atom. The van der Waals surface area contributed by atoms with E-state index in [0.717, 1.165) is 9.35 Å². The minimum atomic E-state index is -3.75. The third-order valence-corrected chi connectivity index (χ3v) is 5.99. The van der Waals surface area contributed by atoms with E-state index in [1.54, 1.807) is 0 Å². The molecule has 1 aromatic carbocycles. The van der Waals surface area contributed by atoms with Crippen molar-refractivity contribution in [2.24, 2.45) is 0 Å². The maximum absolute atomic E-state index is 12.2. The van der Waals surface area contributed by atoms with Gasteiger partial charge in [0.1, 0.15) is 4.90 Å². The number of benzene rings is 1. The number of hydrogen-bond donors (Lipinski definition) is 1. The smallest absolute Gasteiger partial charge is 0.207 e. The Kier molecular flexibility index (Phi) is 4.83. The van der Waals surface area contributed by atoms with Crippen molar-refractivity contribution >= 4 is 48.9 Å². The van der Waals surface area contributed by atoms with E-state index in [-0.39, 0.29) is 22.0 Å². The van der Waals surface area contributed by atoms with Gasteiger partial charge in [0.25, 0.3) is 0 Å². The molecule has 0 saturated heterocycles. The van der Waals surface area contributed by atoms with Gasteiger partial charge in [-0.3, -0.25) is 0 Å². The molecule has 0 unspecified atom stereocenters. The van der Waals surface area contributed by atoms with E-state index in [4.69, 9.17) is 16.9 Å². The number of thiophene rings is 1. The van der Waals surface area contributed by atoms with E-state index in [2.05, 4.69) is 20.7 Å². The van der Waals surface area contributed by atoms with E-state index < -0.39 is 10.0 Å². The monoisotopic (exact) mass is 390 g/mol. The highest BCUT2D eigenvalue weighted by Gasteiger charge is 2.18. The largest absolute Gasteiger partial charge is 0.242 e. The van der Waals surface area contributed by atoms with Gasteiger partial charge in [0.2, 0.25) is 10.0 Å². The highest BCUT2D eigenvalue weighted by Crippen LogP contribution is 2.24. The number of nitrogens with zero attached hydrogens (tertiary/aromatic N) is 1. The molecule has 8 heteroatoms. The summed E-state index contributed by atoms with van der Waals surface area (Å²) in [6.07, 6.45) is 0. The number of sulfonamides is 1. The molecule has 0 bridgehead atoms. The van der Waals surface area contributed by atoms with Crippen LogP contribution < -0.4 is 4.72 Å². The Bertz CT molecular complexity index is 781. The zero-order valence-electron chi connectivity index (χ0n) is 9.93. The lowest BCUT2D eigenvalue weighted by Crippen LogP contribution is -2.23. The van der Waals surface area contributed by atoms with Crippen molar-refractivity contribution in [3.05, 3.63) is 49.6 Å². The predicted molar refractivity (Wildman–Crippen MR) is 82.2 cm³/mol. The molecule has 0 radical (unpaired) electrons. The summed E-state index contributed by atoms with van der Waals surface area (Å²) in [6, 6.07) is 7.85. The highest BCUT2D eigenvalue weighted by molar-refractivity contribution is 9.10. The molecular weight excluding hydrogens is 384 g/mol. The number of hydrogen-bond acceptors (Lipinski definition) is 4. The molecule has 2 aromatic rings. The van der Waals surface area contributed by atoms with Gasteiger partial charge >= 0.3 is 0 Å². The molecule has 2 rings (SSSR count). The molecule has 0 atom stereocenters.